The lowest BCUT2D eigenvalue weighted by Gasteiger charge is -2.25. The summed E-state index contributed by atoms with van der Waals surface area (Å²) < 4.78 is 0.888. The second-order valence-electron chi connectivity index (χ2n) is 4.79. The highest BCUT2D eigenvalue weighted by Crippen LogP contribution is 2.19. The van der Waals surface area contributed by atoms with Gasteiger partial charge in [-0.1, -0.05) is 20.8 Å². The van der Waals surface area contributed by atoms with Crippen molar-refractivity contribution in [2.24, 2.45) is 5.41 Å². The molecule has 1 amide bonds. The molecule has 0 aliphatic rings. The predicted molar refractivity (Wildman–Crippen MR) is 73.3 cm³/mol. The summed E-state index contributed by atoms with van der Waals surface area (Å²) in [6.07, 6.45) is 3.16. The third-order valence-corrected chi connectivity index (χ3v) is 2.83. The van der Waals surface area contributed by atoms with E-state index in [1.54, 1.807) is 12.3 Å². The zero-order valence-corrected chi connectivity index (χ0v) is 12.1. The van der Waals surface area contributed by atoms with E-state index in [1.807, 2.05) is 20.8 Å². The molecule has 90 valence electrons. The SMILES string of the molecule is CC(C)(C)C(C#N)NC(=O)c1cncc(I)c1. The number of nitriles is 1. The fourth-order valence-corrected chi connectivity index (χ4v) is 1.69. The molecule has 0 aromatic carbocycles. The largest absolute Gasteiger partial charge is 0.336 e. The zero-order valence-electron chi connectivity index (χ0n) is 9.99. The van der Waals surface area contributed by atoms with E-state index in [-0.39, 0.29) is 11.3 Å². The van der Waals surface area contributed by atoms with Gasteiger partial charge in [0, 0.05) is 16.0 Å². The Morgan fingerprint density at radius 1 is 1.53 bits per heavy atom. The third-order valence-electron chi connectivity index (χ3n) is 2.24. The number of nitrogens with zero attached hydrogens (tertiary/aromatic N) is 2. The molecule has 1 unspecified atom stereocenters. The molecule has 0 saturated heterocycles. The first-order valence-electron chi connectivity index (χ1n) is 5.15. The Kier molecular flexibility index (Phi) is 4.46. The molecule has 5 heteroatoms. The summed E-state index contributed by atoms with van der Waals surface area (Å²) in [5.41, 5.74) is 0.182. The average Bonchev–Trinajstić information content (AvgIpc) is 2.23. The highest BCUT2D eigenvalue weighted by molar-refractivity contribution is 14.1. The van der Waals surface area contributed by atoms with Gasteiger partial charge in [-0.3, -0.25) is 9.78 Å². The summed E-state index contributed by atoms with van der Waals surface area (Å²) in [7, 11) is 0. The topological polar surface area (TPSA) is 65.8 Å². The maximum absolute atomic E-state index is 11.9. The fourth-order valence-electron chi connectivity index (χ4n) is 1.19. The number of carbonyl (C=O) groups excluding carboxylic acids is 1. The monoisotopic (exact) mass is 343 g/mol. The van der Waals surface area contributed by atoms with Crippen LogP contribution in [-0.2, 0) is 0 Å². The maximum atomic E-state index is 11.9. The van der Waals surface area contributed by atoms with Crippen LogP contribution in [0.15, 0.2) is 18.5 Å². The summed E-state index contributed by atoms with van der Waals surface area (Å²) in [5, 5.41) is 11.7. The van der Waals surface area contributed by atoms with Gasteiger partial charge in [0.2, 0.25) is 0 Å². The van der Waals surface area contributed by atoms with Crippen LogP contribution >= 0.6 is 22.6 Å². The van der Waals surface area contributed by atoms with Gasteiger partial charge in [-0.25, -0.2) is 0 Å². The van der Waals surface area contributed by atoms with Gasteiger partial charge >= 0.3 is 0 Å². The Morgan fingerprint density at radius 3 is 2.65 bits per heavy atom. The van der Waals surface area contributed by atoms with Gasteiger partial charge in [-0.05, 0) is 34.1 Å². The van der Waals surface area contributed by atoms with Gasteiger partial charge in [0.05, 0.1) is 11.6 Å². The van der Waals surface area contributed by atoms with Gasteiger partial charge in [0.15, 0.2) is 0 Å². The minimum absolute atomic E-state index is 0.266. The summed E-state index contributed by atoms with van der Waals surface area (Å²) in [4.78, 5) is 15.9. The van der Waals surface area contributed by atoms with Gasteiger partial charge < -0.3 is 5.32 Å². The Bertz CT molecular complexity index is 460. The van der Waals surface area contributed by atoms with Crippen molar-refractivity contribution in [3.05, 3.63) is 27.6 Å². The number of hydrogen-bond donors (Lipinski definition) is 1. The molecule has 1 heterocycles. The maximum Gasteiger partial charge on any atom is 0.253 e. The third kappa shape index (κ3) is 3.97. The first kappa shape index (κ1) is 13.9. The van der Waals surface area contributed by atoms with E-state index in [2.05, 4.69) is 39.0 Å². The van der Waals surface area contributed by atoms with Crippen molar-refractivity contribution in [3.63, 3.8) is 0 Å². The lowest BCUT2D eigenvalue weighted by atomic mass is 9.87. The Labute approximate surface area is 115 Å². The Balaban J connectivity index is 2.83. The van der Waals surface area contributed by atoms with Crippen LogP contribution in [0.25, 0.3) is 0 Å². The van der Waals surface area contributed by atoms with Crippen molar-refractivity contribution < 1.29 is 4.79 Å². The van der Waals surface area contributed by atoms with Gasteiger partial charge in [0.1, 0.15) is 6.04 Å². The van der Waals surface area contributed by atoms with Crippen molar-refractivity contribution in [2.75, 3.05) is 0 Å². The first-order chi connectivity index (χ1) is 7.84. The van der Waals surface area contributed by atoms with E-state index >= 15 is 0 Å². The van der Waals surface area contributed by atoms with Crippen LogP contribution < -0.4 is 5.32 Å². The average molecular weight is 343 g/mol. The lowest BCUT2D eigenvalue weighted by Crippen LogP contribution is -2.42. The van der Waals surface area contributed by atoms with Crippen molar-refractivity contribution >= 4 is 28.5 Å². The number of aromatic nitrogens is 1. The minimum Gasteiger partial charge on any atom is -0.336 e. The normalized spacial score (nSPS) is 12.6. The van der Waals surface area contributed by atoms with Crippen molar-refractivity contribution in [1.82, 2.24) is 10.3 Å². The number of pyridine rings is 1. The predicted octanol–water partition coefficient (Wildman–Crippen LogP) is 2.35. The van der Waals surface area contributed by atoms with Gasteiger partial charge in [-0.2, -0.15) is 5.26 Å². The van der Waals surface area contributed by atoms with Crippen LogP contribution in [0.4, 0.5) is 0 Å². The van der Waals surface area contributed by atoms with E-state index in [0.717, 1.165) is 3.57 Å². The molecule has 1 atom stereocenters. The summed E-state index contributed by atoms with van der Waals surface area (Å²) in [6, 6.07) is 3.32. The lowest BCUT2D eigenvalue weighted by molar-refractivity contribution is 0.0921. The second-order valence-corrected chi connectivity index (χ2v) is 6.04. The van der Waals surface area contributed by atoms with Crippen molar-refractivity contribution in [3.8, 4) is 6.07 Å². The summed E-state index contributed by atoms with van der Waals surface area (Å²) >= 11 is 2.09. The molecule has 0 aliphatic heterocycles. The highest BCUT2D eigenvalue weighted by atomic mass is 127. The smallest absolute Gasteiger partial charge is 0.253 e. The molecule has 17 heavy (non-hydrogen) atoms. The molecule has 0 spiro atoms. The van der Waals surface area contributed by atoms with Crippen LogP contribution in [0.1, 0.15) is 31.1 Å². The van der Waals surface area contributed by atoms with Crippen molar-refractivity contribution in [1.29, 1.82) is 5.26 Å². The Hall–Kier alpha value is -1.16. The van der Waals surface area contributed by atoms with Crippen LogP contribution in [0, 0.1) is 20.3 Å². The zero-order chi connectivity index (χ0) is 13.1. The van der Waals surface area contributed by atoms with E-state index in [4.69, 9.17) is 5.26 Å². The minimum atomic E-state index is -0.520. The number of halogens is 1. The Morgan fingerprint density at radius 2 is 2.18 bits per heavy atom. The number of rotatable bonds is 2. The number of amides is 1. The molecule has 0 radical (unpaired) electrons. The molecule has 0 fully saturated rings. The quantitative estimate of drug-likeness (QED) is 0.839. The molecule has 1 aromatic rings. The van der Waals surface area contributed by atoms with Gasteiger partial charge in [0.25, 0.3) is 5.91 Å². The summed E-state index contributed by atoms with van der Waals surface area (Å²) in [5.74, 6) is -0.266. The molecular weight excluding hydrogens is 329 g/mol. The molecule has 0 aliphatic carbocycles. The second kappa shape index (κ2) is 5.45. The summed E-state index contributed by atoms with van der Waals surface area (Å²) in [6.45, 7) is 5.73. The molecule has 1 aromatic heterocycles. The van der Waals surface area contributed by atoms with Crippen LogP contribution in [0.3, 0.4) is 0 Å². The molecule has 1 N–H and O–H groups in total. The molecule has 1 rings (SSSR count). The number of nitrogens with one attached hydrogen (secondary N) is 1. The van der Waals surface area contributed by atoms with Crippen LogP contribution in [0.2, 0.25) is 0 Å². The van der Waals surface area contributed by atoms with E-state index < -0.39 is 6.04 Å². The first-order valence-corrected chi connectivity index (χ1v) is 6.23. The van der Waals surface area contributed by atoms with E-state index in [9.17, 15) is 4.79 Å². The number of hydrogen-bond acceptors (Lipinski definition) is 3. The van der Waals surface area contributed by atoms with E-state index in [1.165, 1.54) is 6.20 Å². The fraction of sp³-hybridized carbons (Fsp3) is 0.417. The molecule has 0 bridgehead atoms. The standard InChI is InChI=1S/C12H14IN3O/c1-12(2,3)10(5-14)16-11(17)8-4-9(13)7-15-6-8/h4,6-7,10H,1-3H3,(H,16,17). The molecule has 0 saturated carbocycles. The van der Waals surface area contributed by atoms with Crippen LogP contribution in [-0.4, -0.2) is 16.9 Å². The molecular formula is C12H14IN3O. The molecule has 4 nitrogen and oxygen atoms in total. The van der Waals surface area contributed by atoms with Crippen LogP contribution in [0.5, 0.6) is 0 Å². The van der Waals surface area contributed by atoms with Gasteiger partial charge in [-0.15, -0.1) is 0 Å². The van der Waals surface area contributed by atoms with Crippen molar-refractivity contribution in [2.45, 2.75) is 26.8 Å². The highest BCUT2D eigenvalue weighted by Gasteiger charge is 2.26. The number of carbonyl (C=O) groups is 1. The van der Waals surface area contributed by atoms with E-state index in [0.29, 0.717) is 5.56 Å².